The lowest BCUT2D eigenvalue weighted by molar-refractivity contribution is -0.168. The second-order valence-electron chi connectivity index (χ2n) is 1.95. The standard InChI is InChI=1S/C8H14O4/c1-4-7(9)12-6-8(10-3)11-5-2/h4,8H,1,5-6H2,2-3H3. The Kier molecular flexibility index (Phi) is 6.32. The van der Waals surface area contributed by atoms with Crippen molar-refractivity contribution in [2.75, 3.05) is 20.3 Å². The number of carbonyl (C=O) groups excluding carboxylic acids is 1. The fraction of sp³-hybridized carbons (Fsp3) is 0.625. The molecule has 4 heteroatoms. The van der Waals surface area contributed by atoms with Gasteiger partial charge in [-0.25, -0.2) is 4.79 Å². The Morgan fingerprint density at radius 1 is 1.67 bits per heavy atom. The van der Waals surface area contributed by atoms with Crippen LogP contribution in [0.15, 0.2) is 12.7 Å². The summed E-state index contributed by atoms with van der Waals surface area (Å²) in [6, 6.07) is 0. The van der Waals surface area contributed by atoms with E-state index in [4.69, 9.17) is 9.47 Å². The number of methoxy groups -OCH3 is 1. The molecule has 0 bridgehead atoms. The van der Waals surface area contributed by atoms with Crippen LogP contribution in [0.5, 0.6) is 0 Å². The molecule has 0 aliphatic carbocycles. The van der Waals surface area contributed by atoms with Crippen molar-refractivity contribution in [3.63, 3.8) is 0 Å². The fourth-order valence-electron chi connectivity index (χ4n) is 0.579. The van der Waals surface area contributed by atoms with Crippen molar-refractivity contribution in [3.8, 4) is 0 Å². The van der Waals surface area contributed by atoms with Gasteiger partial charge in [0.2, 0.25) is 0 Å². The van der Waals surface area contributed by atoms with E-state index in [1.807, 2.05) is 6.92 Å². The van der Waals surface area contributed by atoms with Crippen molar-refractivity contribution in [3.05, 3.63) is 12.7 Å². The molecule has 0 fully saturated rings. The van der Waals surface area contributed by atoms with Crippen LogP contribution in [0.25, 0.3) is 0 Å². The third kappa shape index (κ3) is 4.87. The van der Waals surface area contributed by atoms with E-state index in [2.05, 4.69) is 11.3 Å². The highest BCUT2D eigenvalue weighted by Crippen LogP contribution is 1.94. The molecule has 0 heterocycles. The van der Waals surface area contributed by atoms with Crippen LogP contribution < -0.4 is 0 Å². The summed E-state index contributed by atoms with van der Waals surface area (Å²) in [7, 11) is 1.49. The van der Waals surface area contributed by atoms with E-state index in [1.54, 1.807) is 0 Å². The minimum atomic E-state index is -0.487. The summed E-state index contributed by atoms with van der Waals surface area (Å²) < 4.78 is 14.6. The summed E-state index contributed by atoms with van der Waals surface area (Å²) >= 11 is 0. The van der Waals surface area contributed by atoms with E-state index in [-0.39, 0.29) is 6.61 Å². The first-order chi connectivity index (χ1) is 5.74. The van der Waals surface area contributed by atoms with E-state index in [9.17, 15) is 4.79 Å². The van der Waals surface area contributed by atoms with Gasteiger partial charge >= 0.3 is 5.97 Å². The predicted octanol–water partition coefficient (Wildman–Crippen LogP) is 0.725. The highest BCUT2D eigenvalue weighted by molar-refractivity contribution is 5.81. The Balaban J connectivity index is 3.56. The van der Waals surface area contributed by atoms with Crippen LogP contribution in [0, 0.1) is 0 Å². The van der Waals surface area contributed by atoms with Crippen LogP contribution in [0.4, 0.5) is 0 Å². The van der Waals surface area contributed by atoms with Crippen LogP contribution in [-0.4, -0.2) is 32.6 Å². The summed E-state index contributed by atoms with van der Waals surface area (Å²) in [6.45, 7) is 5.70. The molecule has 0 aromatic carbocycles. The summed E-state index contributed by atoms with van der Waals surface area (Å²) in [5.41, 5.74) is 0. The van der Waals surface area contributed by atoms with Gasteiger partial charge in [0.15, 0.2) is 6.29 Å². The van der Waals surface area contributed by atoms with Gasteiger partial charge in [0.1, 0.15) is 6.61 Å². The predicted molar refractivity (Wildman–Crippen MR) is 43.6 cm³/mol. The molecule has 12 heavy (non-hydrogen) atoms. The number of hydrogen-bond acceptors (Lipinski definition) is 4. The van der Waals surface area contributed by atoms with Gasteiger partial charge in [-0.3, -0.25) is 0 Å². The first kappa shape index (κ1) is 11.1. The van der Waals surface area contributed by atoms with Crippen molar-refractivity contribution in [1.29, 1.82) is 0 Å². The van der Waals surface area contributed by atoms with Crippen molar-refractivity contribution in [1.82, 2.24) is 0 Å². The second kappa shape index (κ2) is 6.82. The molecule has 0 rings (SSSR count). The van der Waals surface area contributed by atoms with E-state index >= 15 is 0 Å². The van der Waals surface area contributed by atoms with Crippen molar-refractivity contribution >= 4 is 5.97 Å². The molecule has 0 aromatic heterocycles. The van der Waals surface area contributed by atoms with Gasteiger partial charge in [-0.05, 0) is 6.92 Å². The first-order valence-corrected chi connectivity index (χ1v) is 3.68. The van der Waals surface area contributed by atoms with Crippen LogP contribution in [0.3, 0.4) is 0 Å². The Morgan fingerprint density at radius 2 is 2.33 bits per heavy atom. The maximum Gasteiger partial charge on any atom is 0.330 e. The van der Waals surface area contributed by atoms with Crippen molar-refractivity contribution < 1.29 is 19.0 Å². The fourth-order valence-corrected chi connectivity index (χ4v) is 0.579. The molecule has 1 unspecified atom stereocenters. The average molecular weight is 174 g/mol. The number of rotatable bonds is 6. The van der Waals surface area contributed by atoms with E-state index < -0.39 is 12.3 Å². The van der Waals surface area contributed by atoms with Crippen molar-refractivity contribution in [2.45, 2.75) is 13.2 Å². The lowest BCUT2D eigenvalue weighted by Gasteiger charge is -2.13. The van der Waals surface area contributed by atoms with Gasteiger partial charge < -0.3 is 14.2 Å². The highest BCUT2D eigenvalue weighted by atomic mass is 16.7. The van der Waals surface area contributed by atoms with Crippen LogP contribution in [0.1, 0.15) is 6.92 Å². The Labute approximate surface area is 72.1 Å². The SMILES string of the molecule is C=CC(=O)OCC(OC)OCC. The average Bonchev–Trinajstić information content (AvgIpc) is 2.11. The van der Waals surface area contributed by atoms with Crippen LogP contribution >= 0.6 is 0 Å². The van der Waals surface area contributed by atoms with E-state index in [1.165, 1.54) is 7.11 Å². The molecule has 0 radical (unpaired) electrons. The molecule has 0 saturated carbocycles. The molecular weight excluding hydrogens is 160 g/mol. The Morgan fingerprint density at radius 3 is 2.75 bits per heavy atom. The van der Waals surface area contributed by atoms with Crippen LogP contribution in [0.2, 0.25) is 0 Å². The topological polar surface area (TPSA) is 44.8 Å². The number of ether oxygens (including phenoxy) is 3. The lowest BCUT2D eigenvalue weighted by atomic mass is 10.6. The smallest absolute Gasteiger partial charge is 0.330 e. The monoisotopic (exact) mass is 174 g/mol. The zero-order valence-corrected chi connectivity index (χ0v) is 7.41. The van der Waals surface area contributed by atoms with Gasteiger partial charge in [0.25, 0.3) is 0 Å². The maximum atomic E-state index is 10.6. The Bertz CT molecular complexity index is 144. The molecule has 0 saturated heterocycles. The summed E-state index contributed by atoms with van der Waals surface area (Å²) in [4.78, 5) is 10.6. The zero-order valence-electron chi connectivity index (χ0n) is 7.41. The minimum Gasteiger partial charge on any atom is -0.457 e. The van der Waals surface area contributed by atoms with Gasteiger partial charge in [-0.15, -0.1) is 0 Å². The molecule has 1 atom stereocenters. The summed E-state index contributed by atoms with van der Waals surface area (Å²) in [5, 5.41) is 0. The molecule has 70 valence electrons. The highest BCUT2D eigenvalue weighted by Gasteiger charge is 2.07. The number of esters is 1. The summed E-state index contributed by atoms with van der Waals surface area (Å²) in [5.74, 6) is -0.475. The van der Waals surface area contributed by atoms with E-state index in [0.717, 1.165) is 6.08 Å². The zero-order chi connectivity index (χ0) is 9.40. The third-order valence-electron chi connectivity index (χ3n) is 1.14. The third-order valence-corrected chi connectivity index (χ3v) is 1.14. The quantitative estimate of drug-likeness (QED) is 0.338. The molecular formula is C8H14O4. The molecule has 0 amide bonds. The van der Waals surface area contributed by atoms with Gasteiger partial charge in [-0.1, -0.05) is 6.58 Å². The van der Waals surface area contributed by atoms with E-state index in [0.29, 0.717) is 6.61 Å². The molecule has 0 aromatic rings. The number of carbonyl (C=O) groups is 1. The maximum absolute atomic E-state index is 10.6. The van der Waals surface area contributed by atoms with Crippen LogP contribution in [-0.2, 0) is 19.0 Å². The lowest BCUT2D eigenvalue weighted by Crippen LogP contribution is -2.23. The number of hydrogen-bond donors (Lipinski definition) is 0. The van der Waals surface area contributed by atoms with Crippen molar-refractivity contribution in [2.24, 2.45) is 0 Å². The first-order valence-electron chi connectivity index (χ1n) is 3.68. The molecule has 0 N–H and O–H groups in total. The summed E-state index contributed by atoms with van der Waals surface area (Å²) in [6.07, 6.45) is 0.609. The van der Waals surface area contributed by atoms with Gasteiger partial charge in [-0.2, -0.15) is 0 Å². The molecule has 0 aliphatic heterocycles. The van der Waals surface area contributed by atoms with Gasteiger partial charge in [0.05, 0.1) is 0 Å². The normalized spacial score (nSPS) is 12.2. The second-order valence-corrected chi connectivity index (χ2v) is 1.95. The minimum absolute atomic E-state index is 0.0925. The Hall–Kier alpha value is -0.870. The molecule has 4 nitrogen and oxygen atoms in total. The molecule has 0 aliphatic rings. The molecule has 0 spiro atoms. The largest absolute Gasteiger partial charge is 0.457 e. The van der Waals surface area contributed by atoms with Gasteiger partial charge in [0, 0.05) is 19.8 Å².